The molecule has 0 bridgehead atoms. The lowest BCUT2D eigenvalue weighted by Crippen LogP contribution is -2.16. The molecular formula is C17H19N5O4S. The smallest absolute Gasteiger partial charge is 0.266 e. The lowest BCUT2D eigenvalue weighted by Gasteiger charge is -2.14. The number of sulfonamides is 1. The van der Waals surface area contributed by atoms with E-state index in [0.717, 1.165) is 0 Å². The van der Waals surface area contributed by atoms with Crippen LogP contribution in [0.15, 0.2) is 54.2 Å². The normalized spacial score (nSPS) is 11.2. The third-order valence-corrected chi connectivity index (χ3v) is 4.87. The Balaban J connectivity index is 1.92. The van der Waals surface area contributed by atoms with Crippen molar-refractivity contribution in [2.45, 2.75) is 18.7 Å². The number of imidazole rings is 1. The van der Waals surface area contributed by atoms with Crippen LogP contribution in [-0.4, -0.2) is 41.2 Å². The monoisotopic (exact) mass is 389 g/mol. The molecule has 9 nitrogen and oxygen atoms in total. The Kier molecular flexibility index (Phi) is 5.55. The van der Waals surface area contributed by atoms with Crippen LogP contribution in [0.1, 0.15) is 13.8 Å². The molecule has 142 valence electrons. The van der Waals surface area contributed by atoms with E-state index in [1.54, 1.807) is 42.3 Å². The zero-order valence-corrected chi connectivity index (χ0v) is 15.7. The van der Waals surface area contributed by atoms with E-state index in [0.29, 0.717) is 24.8 Å². The van der Waals surface area contributed by atoms with Gasteiger partial charge in [0.15, 0.2) is 0 Å². The molecule has 0 fully saturated rings. The van der Waals surface area contributed by atoms with Crippen LogP contribution in [0.25, 0.3) is 5.82 Å². The van der Waals surface area contributed by atoms with E-state index in [-0.39, 0.29) is 16.5 Å². The Hall–Kier alpha value is -3.14. The van der Waals surface area contributed by atoms with Gasteiger partial charge in [0.05, 0.1) is 13.2 Å². The lowest BCUT2D eigenvalue weighted by molar-refractivity contribution is 0.317. The minimum absolute atomic E-state index is 0.00408. The van der Waals surface area contributed by atoms with E-state index >= 15 is 0 Å². The summed E-state index contributed by atoms with van der Waals surface area (Å²) in [4.78, 5) is 12.0. The topological polar surface area (TPSA) is 108 Å². The van der Waals surface area contributed by atoms with Gasteiger partial charge < -0.3 is 9.47 Å². The first-order chi connectivity index (χ1) is 13.0. The van der Waals surface area contributed by atoms with Gasteiger partial charge in [-0.15, -0.1) is 0 Å². The Morgan fingerprint density at radius 2 is 1.93 bits per heavy atom. The van der Waals surface area contributed by atoms with E-state index in [1.807, 2.05) is 6.92 Å². The molecule has 10 heteroatoms. The maximum Gasteiger partial charge on any atom is 0.266 e. The summed E-state index contributed by atoms with van der Waals surface area (Å²) in [6, 6.07) is 6.08. The molecule has 0 spiro atoms. The van der Waals surface area contributed by atoms with Crippen molar-refractivity contribution in [2.75, 3.05) is 17.9 Å². The van der Waals surface area contributed by atoms with Crippen molar-refractivity contribution in [3.8, 4) is 17.3 Å². The van der Waals surface area contributed by atoms with E-state index in [1.165, 1.54) is 18.5 Å². The second kappa shape index (κ2) is 8.04. The summed E-state index contributed by atoms with van der Waals surface area (Å²) in [5, 5.41) is 0. The maximum atomic E-state index is 12.9. The Bertz CT molecular complexity index is 1010. The van der Waals surface area contributed by atoms with Crippen molar-refractivity contribution in [3.63, 3.8) is 0 Å². The Morgan fingerprint density at radius 1 is 1.11 bits per heavy atom. The number of aromatic nitrogens is 4. The summed E-state index contributed by atoms with van der Waals surface area (Å²) >= 11 is 0. The molecule has 3 aromatic rings. The quantitative estimate of drug-likeness (QED) is 0.629. The number of anilines is 1. The third kappa shape index (κ3) is 4.34. The van der Waals surface area contributed by atoms with Crippen LogP contribution >= 0.6 is 0 Å². The van der Waals surface area contributed by atoms with Crippen LogP contribution in [0.4, 0.5) is 5.82 Å². The first-order valence-corrected chi connectivity index (χ1v) is 9.74. The van der Waals surface area contributed by atoms with Crippen LogP contribution in [0.2, 0.25) is 0 Å². The fraction of sp³-hybridized carbons (Fsp3) is 0.235. The second-order valence-corrected chi connectivity index (χ2v) is 6.96. The molecular weight excluding hydrogens is 370 g/mol. The van der Waals surface area contributed by atoms with Gasteiger partial charge in [-0.1, -0.05) is 0 Å². The first-order valence-electron chi connectivity index (χ1n) is 8.26. The molecule has 0 aliphatic rings. The van der Waals surface area contributed by atoms with Crippen molar-refractivity contribution >= 4 is 15.8 Å². The predicted octanol–water partition coefficient (Wildman–Crippen LogP) is 2.26. The van der Waals surface area contributed by atoms with E-state index in [9.17, 15) is 8.42 Å². The highest BCUT2D eigenvalue weighted by atomic mass is 32.2. The summed E-state index contributed by atoms with van der Waals surface area (Å²) in [5.74, 6) is 1.35. The van der Waals surface area contributed by atoms with Gasteiger partial charge in [0.25, 0.3) is 10.0 Å². The summed E-state index contributed by atoms with van der Waals surface area (Å²) in [5.41, 5.74) is 0. The SMILES string of the molecule is CCOc1ccc(S(=O)(=O)Nc2cc(-n3ccnc3)ncn2)c(OCC)c1. The van der Waals surface area contributed by atoms with Gasteiger partial charge in [-0.2, -0.15) is 0 Å². The van der Waals surface area contributed by atoms with Gasteiger partial charge in [-0.25, -0.2) is 23.4 Å². The van der Waals surface area contributed by atoms with E-state index in [4.69, 9.17) is 9.47 Å². The molecule has 1 N–H and O–H groups in total. The second-order valence-electron chi connectivity index (χ2n) is 5.31. The summed E-state index contributed by atoms with van der Waals surface area (Å²) in [6.07, 6.45) is 6.12. The van der Waals surface area contributed by atoms with Crippen molar-refractivity contribution in [1.29, 1.82) is 0 Å². The number of hydrogen-bond donors (Lipinski definition) is 1. The van der Waals surface area contributed by atoms with Gasteiger partial charge in [0.2, 0.25) is 0 Å². The van der Waals surface area contributed by atoms with Crippen LogP contribution in [0.5, 0.6) is 11.5 Å². The lowest BCUT2D eigenvalue weighted by atomic mass is 10.3. The van der Waals surface area contributed by atoms with Gasteiger partial charge >= 0.3 is 0 Å². The molecule has 27 heavy (non-hydrogen) atoms. The molecule has 0 saturated carbocycles. The van der Waals surface area contributed by atoms with Crippen LogP contribution in [0, 0.1) is 0 Å². The summed E-state index contributed by atoms with van der Waals surface area (Å²) < 4.78 is 40.7. The molecule has 0 radical (unpaired) electrons. The van der Waals surface area contributed by atoms with Crippen LogP contribution < -0.4 is 14.2 Å². The highest BCUT2D eigenvalue weighted by Crippen LogP contribution is 2.30. The third-order valence-electron chi connectivity index (χ3n) is 3.48. The Morgan fingerprint density at radius 3 is 2.63 bits per heavy atom. The molecule has 0 atom stereocenters. The predicted molar refractivity (Wildman–Crippen MR) is 98.7 cm³/mol. The number of nitrogens with one attached hydrogen (secondary N) is 1. The van der Waals surface area contributed by atoms with Crippen molar-refractivity contribution < 1.29 is 17.9 Å². The summed E-state index contributed by atoms with van der Waals surface area (Å²) in [6.45, 7) is 4.41. The standard InChI is InChI=1S/C17H19N5O4S/c1-3-25-13-5-6-15(14(9-13)26-4-2)27(23,24)21-16-10-17(20-11-19-16)22-8-7-18-12-22/h5-12H,3-4H2,1-2H3,(H,19,20,21). The zero-order valence-electron chi connectivity index (χ0n) is 14.9. The molecule has 1 aromatic carbocycles. The van der Waals surface area contributed by atoms with Crippen molar-refractivity contribution in [1.82, 2.24) is 19.5 Å². The number of benzene rings is 1. The van der Waals surface area contributed by atoms with Crippen molar-refractivity contribution in [2.24, 2.45) is 0 Å². The average molecular weight is 389 g/mol. The number of rotatable bonds is 8. The molecule has 2 aromatic heterocycles. The maximum absolute atomic E-state index is 12.9. The minimum Gasteiger partial charge on any atom is -0.494 e. The number of hydrogen-bond acceptors (Lipinski definition) is 7. The van der Waals surface area contributed by atoms with E-state index < -0.39 is 10.0 Å². The van der Waals surface area contributed by atoms with Gasteiger partial charge in [-0.3, -0.25) is 9.29 Å². The molecule has 0 saturated heterocycles. The fourth-order valence-corrected chi connectivity index (χ4v) is 3.49. The molecule has 0 unspecified atom stereocenters. The zero-order chi connectivity index (χ0) is 19.3. The molecule has 0 aliphatic carbocycles. The molecule has 0 amide bonds. The largest absolute Gasteiger partial charge is 0.494 e. The minimum atomic E-state index is -3.93. The highest BCUT2D eigenvalue weighted by molar-refractivity contribution is 7.92. The average Bonchev–Trinajstić information content (AvgIpc) is 3.17. The van der Waals surface area contributed by atoms with Gasteiger partial charge in [0.1, 0.15) is 40.7 Å². The molecule has 0 aliphatic heterocycles. The molecule has 2 heterocycles. The highest BCUT2D eigenvalue weighted by Gasteiger charge is 2.21. The number of ether oxygens (including phenoxy) is 2. The van der Waals surface area contributed by atoms with Crippen molar-refractivity contribution in [3.05, 3.63) is 49.3 Å². The van der Waals surface area contributed by atoms with Crippen LogP contribution in [-0.2, 0) is 10.0 Å². The van der Waals surface area contributed by atoms with Gasteiger partial charge in [-0.05, 0) is 26.0 Å². The van der Waals surface area contributed by atoms with Gasteiger partial charge in [0, 0.05) is 24.5 Å². The summed E-state index contributed by atoms with van der Waals surface area (Å²) in [7, 11) is -3.93. The van der Waals surface area contributed by atoms with E-state index in [2.05, 4.69) is 19.7 Å². The Labute approximate surface area is 157 Å². The van der Waals surface area contributed by atoms with Crippen LogP contribution in [0.3, 0.4) is 0 Å². The number of nitrogens with zero attached hydrogens (tertiary/aromatic N) is 4. The molecule has 3 rings (SSSR count). The fourth-order valence-electron chi connectivity index (χ4n) is 2.37. The first kappa shape index (κ1) is 18.6.